The maximum absolute atomic E-state index is 14.0. The molecule has 106 valence electrons. The van der Waals surface area contributed by atoms with Crippen LogP contribution >= 0.6 is 15.9 Å². The molecule has 2 rings (SSSR count). The van der Waals surface area contributed by atoms with Gasteiger partial charge in [0.15, 0.2) is 0 Å². The minimum Gasteiger partial charge on any atom is -0.389 e. The van der Waals surface area contributed by atoms with E-state index in [0.717, 1.165) is 15.7 Å². The van der Waals surface area contributed by atoms with Gasteiger partial charge in [-0.25, -0.2) is 4.39 Å². The molecular weight excluding hydrogens is 321 g/mol. The molecule has 0 spiro atoms. The normalized spacial score (nSPS) is 12.2. The van der Waals surface area contributed by atoms with E-state index in [0.29, 0.717) is 12.2 Å². The summed E-state index contributed by atoms with van der Waals surface area (Å²) in [6.45, 7) is 4.28. The number of rotatable bonds is 4. The first-order valence-corrected chi connectivity index (χ1v) is 7.33. The van der Waals surface area contributed by atoms with Crippen LogP contribution in [0.2, 0.25) is 0 Å². The van der Waals surface area contributed by atoms with E-state index >= 15 is 0 Å². The molecule has 0 aliphatic rings. The standard InChI is InChI=1S/C16H17BrFNO/c1-3-19(16-7-5-4-6-14(16)18)15-9-8-12(17)10-13(15)11(2)20/h4-11,20H,3H2,1-2H3. The lowest BCUT2D eigenvalue weighted by Crippen LogP contribution is -2.19. The van der Waals surface area contributed by atoms with E-state index in [4.69, 9.17) is 0 Å². The van der Waals surface area contributed by atoms with Gasteiger partial charge >= 0.3 is 0 Å². The molecule has 1 atom stereocenters. The maximum Gasteiger partial charge on any atom is 0.146 e. The van der Waals surface area contributed by atoms with Crippen LogP contribution in [-0.4, -0.2) is 11.7 Å². The van der Waals surface area contributed by atoms with E-state index in [1.165, 1.54) is 6.07 Å². The molecule has 0 amide bonds. The Hall–Kier alpha value is -1.39. The Balaban J connectivity index is 2.55. The summed E-state index contributed by atoms with van der Waals surface area (Å²) < 4.78 is 14.9. The molecule has 1 N–H and O–H groups in total. The van der Waals surface area contributed by atoms with Gasteiger partial charge in [0.2, 0.25) is 0 Å². The lowest BCUT2D eigenvalue weighted by molar-refractivity contribution is 0.199. The van der Waals surface area contributed by atoms with Crippen molar-refractivity contribution in [2.24, 2.45) is 0 Å². The van der Waals surface area contributed by atoms with Crippen molar-refractivity contribution in [2.75, 3.05) is 11.4 Å². The molecule has 2 aromatic carbocycles. The summed E-state index contributed by atoms with van der Waals surface area (Å²) in [5.74, 6) is -0.270. The third-order valence-electron chi connectivity index (χ3n) is 3.19. The Morgan fingerprint density at radius 3 is 2.50 bits per heavy atom. The van der Waals surface area contributed by atoms with Crippen LogP contribution in [0, 0.1) is 5.82 Å². The lowest BCUT2D eigenvalue weighted by Gasteiger charge is -2.27. The third kappa shape index (κ3) is 3.02. The minimum absolute atomic E-state index is 0.270. The molecule has 0 radical (unpaired) electrons. The van der Waals surface area contributed by atoms with Crippen LogP contribution in [0.4, 0.5) is 15.8 Å². The molecule has 0 heterocycles. The molecule has 0 saturated carbocycles. The Bertz CT molecular complexity index is 601. The first-order valence-electron chi connectivity index (χ1n) is 6.54. The number of hydrogen-bond donors (Lipinski definition) is 1. The summed E-state index contributed by atoms with van der Waals surface area (Å²) in [5.41, 5.74) is 2.10. The molecule has 0 aliphatic heterocycles. The first kappa shape index (κ1) is 15.0. The maximum atomic E-state index is 14.0. The van der Waals surface area contributed by atoms with Crippen molar-refractivity contribution < 1.29 is 9.50 Å². The van der Waals surface area contributed by atoms with Gasteiger partial charge in [0.1, 0.15) is 5.82 Å². The molecule has 2 aromatic rings. The molecule has 0 aromatic heterocycles. The van der Waals surface area contributed by atoms with Gasteiger partial charge in [-0.2, -0.15) is 0 Å². The summed E-state index contributed by atoms with van der Waals surface area (Å²) in [4.78, 5) is 1.86. The van der Waals surface area contributed by atoms with Crippen LogP contribution in [0.1, 0.15) is 25.5 Å². The number of benzene rings is 2. The van der Waals surface area contributed by atoms with Gasteiger partial charge in [0.25, 0.3) is 0 Å². The van der Waals surface area contributed by atoms with E-state index in [9.17, 15) is 9.50 Å². The smallest absolute Gasteiger partial charge is 0.146 e. The van der Waals surface area contributed by atoms with Gasteiger partial charge in [-0.1, -0.05) is 28.1 Å². The van der Waals surface area contributed by atoms with Crippen molar-refractivity contribution >= 4 is 27.3 Å². The molecule has 0 bridgehead atoms. The molecular formula is C16H17BrFNO. The Kier molecular flexibility index (Phi) is 4.78. The van der Waals surface area contributed by atoms with Crippen LogP contribution in [-0.2, 0) is 0 Å². The highest BCUT2D eigenvalue weighted by atomic mass is 79.9. The number of para-hydroxylation sites is 1. The molecule has 20 heavy (non-hydrogen) atoms. The largest absolute Gasteiger partial charge is 0.389 e. The average molecular weight is 338 g/mol. The van der Waals surface area contributed by atoms with Gasteiger partial charge in [0.05, 0.1) is 11.8 Å². The van der Waals surface area contributed by atoms with Crippen LogP contribution in [0.15, 0.2) is 46.9 Å². The Labute approximate surface area is 127 Å². The highest BCUT2D eigenvalue weighted by Crippen LogP contribution is 2.34. The van der Waals surface area contributed by atoms with Gasteiger partial charge < -0.3 is 10.0 Å². The predicted molar refractivity (Wildman–Crippen MR) is 83.9 cm³/mol. The van der Waals surface area contributed by atoms with Crippen LogP contribution in [0.5, 0.6) is 0 Å². The number of aliphatic hydroxyl groups is 1. The van der Waals surface area contributed by atoms with Crippen molar-refractivity contribution in [1.29, 1.82) is 0 Å². The topological polar surface area (TPSA) is 23.5 Å². The summed E-state index contributed by atoms with van der Waals surface area (Å²) in [6, 6.07) is 12.3. The quantitative estimate of drug-likeness (QED) is 0.866. The Morgan fingerprint density at radius 2 is 1.90 bits per heavy atom. The van der Waals surface area contributed by atoms with E-state index in [2.05, 4.69) is 15.9 Å². The summed E-state index contributed by atoms with van der Waals surface area (Å²) in [7, 11) is 0. The number of aliphatic hydroxyl groups excluding tert-OH is 1. The zero-order valence-electron chi connectivity index (χ0n) is 11.5. The lowest BCUT2D eigenvalue weighted by atomic mass is 10.1. The van der Waals surface area contributed by atoms with Gasteiger partial charge in [0, 0.05) is 22.3 Å². The molecule has 4 heteroatoms. The molecule has 0 saturated heterocycles. The molecule has 0 fully saturated rings. The van der Waals surface area contributed by atoms with Crippen LogP contribution in [0.25, 0.3) is 0 Å². The fraction of sp³-hybridized carbons (Fsp3) is 0.250. The van der Waals surface area contributed by atoms with Crippen molar-refractivity contribution in [3.05, 3.63) is 58.3 Å². The fourth-order valence-electron chi connectivity index (χ4n) is 2.25. The van der Waals surface area contributed by atoms with E-state index in [1.54, 1.807) is 19.1 Å². The van der Waals surface area contributed by atoms with Crippen LogP contribution in [0.3, 0.4) is 0 Å². The SMILES string of the molecule is CCN(c1ccccc1F)c1ccc(Br)cc1C(C)O. The molecule has 0 aliphatic carbocycles. The fourth-order valence-corrected chi connectivity index (χ4v) is 2.63. The Morgan fingerprint density at radius 1 is 1.20 bits per heavy atom. The van der Waals surface area contributed by atoms with E-state index in [1.807, 2.05) is 36.1 Å². The summed E-state index contributed by atoms with van der Waals surface area (Å²) >= 11 is 3.40. The van der Waals surface area contributed by atoms with Gasteiger partial charge in [-0.15, -0.1) is 0 Å². The highest BCUT2D eigenvalue weighted by molar-refractivity contribution is 9.10. The number of halogens is 2. The molecule has 2 nitrogen and oxygen atoms in total. The highest BCUT2D eigenvalue weighted by Gasteiger charge is 2.17. The number of hydrogen-bond acceptors (Lipinski definition) is 2. The van der Waals surface area contributed by atoms with Crippen molar-refractivity contribution in [2.45, 2.75) is 20.0 Å². The molecule has 1 unspecified atom stereocenters. The zero-order chi connectivity index (χ0) is 14.7. The number of anilines is 2. The second kappa shape index (κ2) is 6.37. The summed E-state index contributed by atoms with van der Waals surface area (Å²) in [5, 5.41) is 9.95. The number of nitrogens with zero attached hydrogens (tertiary/aromatic N) is 1. The first-order chi connectivity index (χ1) is 9.54. The predicted octanol–water partition coefficient (Wildman–Crippen LogP) is 4.80. The zero-order valence-corrected chi connectivity index (χ0v) is 13.1. The van der Waals surface area contributed by atoms with Gasteiger partial charge in [-0.3, -0.25) is 0 Å². The van der Waals surface area contributed by atoms with Crippen molar-refractivity contribution in [1.82, 2.24) is 0 Å². The van der Waals surface area contributed by atoms with E-state index in [-0.39, 0.29) is 5.82 Å². The summed E-state index contributed by atoms with van der Waals surface area (Å²) in [6.07, 6.45) is -0.622. The second-order valence-electron chi connectivity index (χ2n) is 4.57. The average Bonchev–Trinajstić information content (AvgIpc) is 2.42. The van der Waals surface area contributed by atoms with E-state index < -0.39 is 6.10 Å². The van der Waals surface area contributed by atoms with Crippen molar-refractivity contribution in [3.8, 4) is 0 Å². The van der Waals surface area contributed by atoms with Gasteiger partial charge in [-0.05, 0) is 44.2 Å². The third-order valence-corrected chi connectivity index (χ3v) is 3.68. The second-order valence-corrected chi connectivity index (χ2v) is 5.49. The monoisotopic (exact) mass is 337 g/mol. The van der Waals surface area contributed by atoms with Crippen molar-refractivity contribution in [3.63, 3.8) is 0 Å². The van der Waals surface area contributed by atoms with Crippen LogP contribution < -0.4 is 4.90 Å². The minimum atomic E-state index is -0.622.